The highest BCUT2D eigenvalue weighted by atomic mass is 35.5. The molecule has 5 rings (SSSR count). The molecule has 0 unspecified atom stereocenters. The Morgan fingerprint density at radius 2 is 1.76 bits per heavy atom. The summed E-state index contributed by atoms with van der Waals surface area (Å²) in [7, 11) is 0. The van der Waals surface area contributed by atoms with Gasteiger partial charge in [0.15, 0.2) is 0 Å². The minimum atomic E-state index is 0.0374. The molecule has 5 nitrogen and oxygen atoms in total. The molecular formula is C27H24ClN3O2. The van der Waals surface area contributed by atoms with E-state index < -0.39 is 0 Å². The van der Waals surface area contributed by atoms with Gasteiger partial charge in [0.05, 0.1) is 10.5 Å². The largest absolute Gasteiger partial charge is 0.457 e. The van der Waals surface area contributed by atoms with Crippen molar-refractivity contribution in [3.8, 4) is 22.6 Å². The topological polar surface area (TPSA) is 45.7 Å². The highest BCUT2D eigenvalue weighted by Crippen LogP contribution is 2.36. The molecule has 166 valence electrons. The first kappa shape index (κ1) is 21.3. The molecule has 2 amide bonds. The Bertz CT molecular complexity index is 1350. The maximum atomic E-state index is 12.6. The summed E-state index contributed by atoms with van der Waals surface area (Å²) in [5, 5.41) is 1.64. The Hall–Kier alpha value is -3.57. The number of pyridine rings is 1. The summed E-state index contributed by atoms with van der Waals surface area (Å²) in [6.45, 7) is 6.18. The molecule has 2 heterocycles. The fourth-order valence-electron chi connectivity index (χ4n) is 4.35. The van der Waals surface area contributed by atoms with Crippen molar-refractivity contribution in [3.63, 3.8) is 0 Å². The van der Waals surface area contributed by atoms with Crippen molar-refractivity contribution in [2.75, 3.05) is 24.5 Å². The van der Waals surface area contributed by atoms with Gasteiger partial charge in [-0.1, -0.05) is 41.9 Å². The molecule has 0 atom stereocenters. The number of likely N-dealkylation sites (N-methyl/N-ethyl adjacent to an activating group) is 1. The van der Waals surface area contributed by atoms with E-state index in [1.54, 1.807) is 4.90 Å². The van der Waals surface area contributed by atoms with Crippen LogP contribution in [-0.2, 0) is 0 Å². The second-order valence-electron chi connectivity index (χ2n) is 8.09. The number of carbonyl (C=O) groups excluding carboxylic acids is 1. The highest BCUT2D eigenvalue weighted by Gasteiger charge is 2.28. The van der Waals surface area contributed by atoms with Crippen molar-refractivity contribution >= 4 is 34.2 Å². The summed E-state index contributed by atoms with van der Waals surface area (Å²) in [6.07, 6.45) is 1.85. The monoisotopic (exact) mass is 457 g/mol. The average molecular weight is 458 g/mol. The number of fused-ring (bicyclic) bond motifs is 1. The molecule has 0 N–H and O–H groups in total. The van der Waals surface area contributed by atoms with Gasteiger partial charge in [-0.05, 0) is 60.9 Å². The third kappa shape index (κ3) is 4.00. The van der Waals surface area contributed by atoms with Gasteiger partial charge in [0.2, 0.25) is 0 Å². The summed E-state index contributed by atoms with van der Waals surface area (Å²) in [6, 6.07) is 21.6. The summed E-state index contributed by atoms with van der Waals surface area (Å²) in [5.74, 6) is 1.41. The molecule has 0 radical (unpaired) electrons. The van der Waals surface area contributed by atoms with Gasteiger partial charge < -0.3 is 9.64 Å². The molecule has 6 heteroatoms. The number of benzene rings is 3. The Labute approximate surface area is 198 Å². The molecule has 0 spiro atoms. The zero-order valence-corrected chi connectivity index (χ0v) is 19.3. The molecule has 1 aliphatic rings. The summed E-state index contributed by atoms with van der Waals surface area (Å²) >= 11 is 6.39. The van der Waals surface area contributed by atoms with Crippen LogP contribution in [0.1, 0.15) is 12.5 Å². The molecule has 1 saturated heterocycles. The molecule has 1 fully saturated rings. The molecule has 1 aliphatic heterocycles. The van der Waals surface area contributed by atoms with E-state index in [-0.39, 0.29) is 6.03 Å². The first-order valence-corrected chi connectivity index (χ1v) is 11.4. The fourth-order valence-corrected chi connectivity index (χ4v) is 4.57. The van der Waals surface area contributed by atoms with E-state index in [2.05, 4.69) is 11.1 Å². The maximum absolute atomic E-state index is 12.6. The van der Waals surface area contributed by atoms with Crippen LogP contribution in [0.5, 0.6) is 11.5 Å². The van der Waals surface area contributed by atoms with Gasteiger partial charge in [0.25, 0.3) is 0 Å². The van der Waals surface area contributed by atoms with Crippen molar-refractivity contribution in [2.45, 2.75) is 13.8 Å². The number of amides is 2. The minimum absolute atomic E-state index is 0.0374. The van der Waals surface area contributed by atoms with Crippen molar-refractivity contribution < 1.29 is 9.53 Å². The van der Waals surface area contributed by atoms with Gasteiger partial charge in [-0.15, -0.1) is 0 Å². The summed E-state index contributed by atoms with van der Waals surface area (Å²) < 4.78 is 6.21. The number of aryl methyl sites for hydroxylation is 1. The summed E-state index contributed by atoms with van der Waals surface area (Å²) in [4.78, 5) is 20.7. The average Bonchev–Trinajstić information content (AvgIpc) is 3.20. The molecule has 0 bridgehead atoms. The van der Waals surface area contributed by atoms with Crippen LogP contribution in [0.25, 0.3) is 22.0 Å². The number of nitrogens with zero attached hydrogens (tertiary/aromatic N) is 3. The van der Waals surface area contributed by atoms with Gasteiger partial charge in [0, 0.05) is 43.0 Å². The van der Waals surface area contributed by atoms with Crippen LogP contribution in [0.15, 0.2) is 72.9 Å². The number of anilines is 1. The predicted molar refractivity (Wildman–Crippen MR) is 133 cm³/mol. The van der Waals surface area contributed by atoms with Gasteiger partial charge in [-0.3, -0.25) is 9.88 Å². The lowest BCUT2D eigenvalue weighted by Crippen LogP contribution is -2.31. The van der Waals surface area contributed by atoms with Crippen LogP contribution in [0.4, 0.5) is 10.5 Å². The second kappa shape index (κ2) is 8.75. The predicted octanol–water partition coefficient (Wildman–Crippen LogP) is 6.92. The first-order valence-electron chi connectivity index (χ1n) is 11.0. The maximum Gasteiger partial charge on any atom is 0.324 e. The third-order valence-electron chi connectivity index (χ3n) is 6.00. The number of urea groups is 1. The van der Waals surface area contributed by atoms with Crippen molar-refractivity contribution in [3.05, 3.63) is 83.5 Å². The summed E-state index contributed by atoms with van der Waals surface area (Å²) in [5.41, 5.74) is 4.82. The Balaban J connectivity index is 1.46. The molecule has 4 aromatic rings. The number of hydrogen-bond acceptors (Lipinski definition) is 3. The molecule has 1 aromatic heterocycles. The number of aromatic nitrogens is 1. The normalized spacial score (nSPS) is 13.7. The van der Waals surface area contributed by atoms with Crippen molar-refractivity contribution in [2.24, 2.45) is 0 Å². The SMILES string of the molecule is CCN1CCN(c2cccc(Oc3cccc(-c4c(C)cnc5c(Cl)cccc45)c3)c2)C1=O. The quantitative estimate of drug-likeness (QED) is 0.327. The van der Waals surface area contributed by atoms with Gasteiger partial charge in [0.1, 0.15) is 11.5 Å². The molecule has 3 aromatic carbocycles. The van der Waals surface area contributed by atoms with Crippen LogP contribution >= 0.6 is 11.6 Å². The van der Waals surface area contributed by atoms with Crippen LogP contribution in [0.3, 0.4) is 0 Å². The van der Waals surface area contributed by atoms with Crippen LogP contribution < -0.4 is 9.64 Å². The number of carbonyl (C=O) groups is 1. The number of para-hydroxylation sites is 1. The zero-order valence-electron chi connectivity index (χ0n) is 18.6. The van der Waals surface area contributed by atoms with Gasteiger partial charge in [-0.2, -0.15) is 0 Å². The standard InChI is InChI=1S/C27H24ClN3O2/c1-3-30-13-14-31(27(30)32)20-8-5-10-22(16-20)33-21-9-4-7-19(15-21)25-18(2)17-29-26-23(25)11-6-12-24(26)28/h4-12,15-17H,3,13-14H2,1-2H3. The lowest BCUT2D eigenvalue weighted by atomic mass is 9.97. The first-order chi connectivity index (χ1) is 16.0. The van der Waals surface area contributed by atoms with E-state index in [1.165, 1.54) is 0 Å². The van der Waals surface area contributed by atoms with Crippen LogP contribution in [0, 0.1) is 6.92 Å². The Morgan fingerprint density at radius 3 is 2.55 bits per heavy atom. The number of hydrogen-bond donors (Lipinski definition) is 0. The molecule has 33 heavy (non-hydrogen) atoms. The number of rotatable bonds is 5. The van der Waals surface area contributed by atoms with Gasteiger partial charge in [-0.25, -0.2) is 4.79 Å². The van der Waals surface area contributed by atoms with E-state index in [9.17, 15) is 4.79 Å². The van der Waals surface area contributed by atoms with E-state index in [0.29, 0.717) is 23.9 Å². The Kier molecular flexibility index (Phi) is 5.65. The lowest BCUT2D eigenvalue weighted by molar-refractivity contribution is 0.223. The van der Waals surface area contributed by atoms with Crippen LogP contribution in [-0.4, -0.2) is 35.5 Å². The zero-order chi connectivity index (χ0) is 22.9. The van der Waals surface area contributed by atoms with E-state index in [1.807, 2.05) is 85.6 Å². The Morgan fingerprint density at radius 1 is 1.00 bits per heavy atom. The fraction of sp³-hybridized carbons (Fsp3) is 0.185. The van der Waals surface area contributed by atoms with E-state index >= 15 is 0 Å². The van der Waals surface area contributed by atoms with E-state index in [4.69, 9.17) is 16.3 Å². The minimum Gasteiger partial charge on any atom is -0.457 e. The van der Waals surface area contributed by atoms with Crippen molar-refractivity contribution in [1.29, 1.82) is 0 Å². The third-order valence-corrected chi connectivity index (χ3v) is 6.31. The second-order valence-corrected chi connectivity index (χ2v) is 8.50. The highest BCUT2D eigenvalue weighted by molar-refractivity contribution is 6.35. The lowest BCUT2D eigenvalue weighted by Gasteiger charge is -2.18. The molecular weight excluding hydrogens is 434 g/mol. The number of halogens is 1. The van der Waals surface area contributed by atoms with Gasteiger partial charge >= 0.3 is 6.03 Å². The molecule has 0 saturated carbocycles. The number of ether oxygens (including phenoxy) is 1. The smallest absolute Gasteiger partial charge is 0.324 e. The van der Waals surface area contributed by atoms with Crippen molar-refractivity contribution in [1.82, 2.24) is 9.88 Å². The molecule has 0 aliphatic carbocycles. The van der Waals surface area contributed by atoms with E-state index in [0.717, 1.165) is 45.6 Å². The van der Waals surface area contributed by atoms with Crippen LogP contribution in [0.2, 0.25) is 5.02 Å².